The molecular formula is C23H27N3O3. The smallest absolute Gasteiger partial charge is 0.270 e. The molecule has 2 aliphatic heterocycles. The second-order valence-corrected chi connectivity index (χ2v) is 7.80. The second kappa shape index (κ2) is 8.76. The molecule has 0 unspecified atom stereocenters. The van der Waals surface area contributed by atoms with Crippen LogP contribution in [0, 0.1) is 0 Å². The van der Waals surface area contributed by atoms with Crippen LogP contribution in [0.3, 0.4) is 0 Å². The van der Waals surface area contributed by atoms with Crippen LogP contribution in [0.25, 0.3) is 6.08 Å². The summed E-state index contributed by atoms with van der Waals surface area (Å²) in [6, 6.07) is 15.0. The molecule has 6 nitrogen and oxygen atoms in total. The van der Waals surface area contributed by atoms with Crippen LogP contribution in [0.1, 0.15) is 28.9 Å². The number of H-pyrrole nitrogens is 1. The number of pyridine rings is 1. The molecule has 0 radical (unpaired) electrons. The lowest BCUT2D eigenvalue weighted by atomic mass is 9.89. The third-order valence-corrected chi connectivity index (χ3v) is 5.76. The quantitative estimate of drug-likeness (QED) is 0.866. The van der Waals surface area contributed by atoms with Gasteiger partial charge in [-0.2, -0.15) is 0 Å². The van der Waals surface area contributed by atoms with Crippen molar-refractivity contribution in [3.05, 3.63) is 76.2 Å². The van der Waals surface area contributed by atoms with Gasteiger partial charge in [-0.15, -0.1) is 0 Å². The van der Waals surface area contributed by atoms with Crippen molar-refractivity contribution >= 4 is 12.0 Å². The van der Waals surface area contributed by atoms with Crippen molar-refractivity contribution in [3.63, 3.8) is 0 Å². The van der Waals surface area contributed by atoms with E-state index in [0.29, 0.717) is 18.8 Å². The van der Waals surface area contributed by atoms with E-state index in [0.717, 1.165) is 39.1 Å². The Kier molecular flexibility index (Phi) is 5.92. The van der Waals surface area contributed by atoms with Crippen LogP contribution in [0.15, 0.2) is 59.4 Å². The van der Waals surface area contributed by atoms with Gasteiger partial charge in [-0.05, 0) is 24.5 Å². The molecule has 1 amide bonds. The Morgan fingerprint density at radius 1 is 1.07 bits per heavy atom. The summed E-state index contributed by atoms with van der Waals surface area (Å²) in [7, 11) is 0. The summed E-state index contributed by atoms with van der Waals surface area (Å²) in [6.07, 6.45) is 5.99. The van der Waals surface area contributed by atoms with Gasteiger partial charge in [0.25, 0.3) is 5.91 Å². The normalized spacial score (nSPS) is 19.7. The summed E-state index contributed by atoms with van der Waals surface area (Å²) in [4.78, 5) is 31.0. The first kappa shape index (κ1) is 19.6. The van der Waals surface area contributed by atoms with E-state index in [9.17, 15) is 9.59 Å². The van der Waals surface area contributed by atoms with Crippen molar-refractivity contribution in [2.75, 3.05) is 39.3 Å². The maximum Gasteiger partial charge on any atom is 0.270 e. The van der Waals surface area contributed by atoms with Crippen molar-refractivity contribution in [1.82, 2.24) is 14.8 Å². The van der Waals surface area contributed by atoms with E-state index >= 15 is 0 Å². The SMILES string of the molecule is O=C(c1cccc(=O)[nH]1)N1CCC2(CC1)CN(CC=Cc1ccccc1)CCO2. The monoisotopic (exact) mass is 393 g/mol. The highest BCUT2D eigenvalue weighted by Gasteiger charge is 2.40. The molecule has 2 saturated heterocycles. The van der Waals surface area contributed by atoms with Gasteiger partial charge in [-0.25, -0.2) is 0 Å². The standard InChI is InChI=1S/C23H27N3O3/c27-21-10-4-9-20(24-21)22(28)26-14-11-23(12-15-26)18-25(16-17-29-23)13-5-8-19-6-2-1-3-7-19/h1-10H,11-18H2,(H,24,27). The van der Waals surface area contributed by atoms with Crippen LogP contribution in [0.5, 0.6) is 0 Å². The van der Waals surface area contributed by atoms with Gasteiger partial charge in [0, 0.05) is 38.8 Å². The van der Waals surface area contributed by atoms with Gasteiger partial charge in [-0.3, -0.25) is 14.5 Å². The molecule has 0 saturated carbocycles. The molecule has 1 aromatic carbocycles. The maximum absolute atomic E-state index is 12.7. The summed E-state index contributed by atoms with van der Waals surface area (Å²) >= 11 is 0. The molecule has 0 atom stereocenters. The van der Waals surface area contributed by atoms with Gasteiger partial charge < -0.3 is 14.6 Å². The predicted octanol–water partition coefficient (Wildman–Crippen LogP) is 2.40. The largest absolute Gasteiger partial charge is 0.372 e. The van der Waals surface area contributed by atoms with Crippen molar-refractivity contribution in [1.29, 1.82) is 0 Å². The van der Waals surface area contributed by atoms with Crippen molar-refractivity contribution in [2.45, 2.75) is 18.4 Å². The number of piperidine rings is 1. The Hall–Kier alpha value is -2.70. The van der Waals surface area contributed by atoms with Crippen molar-refractivity contribution < 1.29 is 9.53 Å². The van der Waals surface area contributed by atoms with Crippen LogP contribution in [-0.2, 0) is 4.74 Å². The minimum absolute atomic E-state index is 0.115. The molecule has 6 heteroatoms. The van der Waals surface area contributed by atoms with Gasteiger partial charge in [-0.1, -0.05) is 48.6 Å². The summed E-state index contributed by atoms with van der Waals surface area (Å²) in [5.74, 6) is -0.115. The van der Waals surface area contributed by atoms with E-state index in [4.69, 9.17) is 4.74 Å². The first-order chi connectivity index (χ1) is 14.1. The van der Waals surface area contributed by atoms with Crippen LogP contribution < -0.4 is 5.56 Å². The highest BCUT2D eigenvalue weighted by Crippen LogP contribution is 2.30. The Morgan fingerprint density at radius 3 is 2.62 bits per heavy atom. The number of hydrogen-bond acceptors (Lipinski definition) is 4. The van der Waals surface area contributed by atoms with Crippen LogP contribution >= 0.6 is 0 Å². The number of aromatic amines is 1. The molecule has 1 spiro atoms. The average Bonchev–Trinajstić information content (AvgIpc) is 2.75. The fourth-order valence-corrected chi connectivity index (χ4v) is 4.14. The number of carbonyl (C=O) groups excluding carboxylic acids is 1. The molecule has 0 aliphatic carbocycles. The molecule has 29 heavy (non-hydrogen) atoms. The number of carbonyl (C=O) groups is 1. The van der Waals surface area contributed by atoms with Crippen LogP contribution in [0.2, 0.25) is 0 Å². The highest BCUT2D eigenvalue weighted by molar-refractivity contribution is 5.92. The van der Waals surface area contributed by atoms with E-state index in [1.165, 1.54) is 11.6 Å². The topological polar surface area (TPSA) is 65.6 Å². The summed E-state index contributed by atoms with van der Waals surface area (Å²) in [6.45, 7) is 4.71. The predicted molar refractivity (Wildman–Crippen MR) is 113 cm³/mol. The molecule has 152 valence electrons. The number of benzene rings is 1. The van der Waals surface area contributed by atoms with Gasteiger partial charge in [0.2, 0.25) is 5.56 Å². The van der Waals surface area contributed by atoms with Crippen molar-refractivity contribution in [2.24, 2.45) is 0 Å². The van der Waals surface area contributed by atoms with E-state index < -0.39 is 0 Å². The van der Waals surface area contributed by atoms with Gasteiger partial charge >= 0.3 is 0 Å². The number of hydrogen-bond donors (Lipinski definition) is 1. The number of rotatable bonds is 4. The minimum Gasteiger partial charge on any atom is -0.372 e. The Balaban J connectivity index is 1.32. The van der Waals surface area contributed by atoms with Crippen LogP contribution in [-0.4, -0.2) is 65.6 Å². The number of likely N-dealkylation sites (tertiary alicyclic amines) is 1. The summed E-state index contributed by atoms with van der Waals surface area (Å²) < 4.78 is 6.19. The summed E-state index contributed by atoms with van der Waals surface area (Å²) in [5.41, 5.74) is 1.13. The molecule has 2 aromatic rings. The fraction of sp³-hybridized carbons (Fsp3) is 0.391. The zero-order chi connectivity index (χ0) is 20.1. The molecule has 4 rings (SSSR count). The number of morpholine rings is 1. The zero-order valence-corrected chi connectivity index (χ0v) is 16.5. The average molecular weight is 393 g/mol. The number of nitrogens with one attached hydrogen (secondary N) is 1. The Morgan fingerprint density at radius 2 is 1.86 bits per heavy atom. The fourth-order valence-electron chi connectivity index (χ4n) is 4.14. The number of nitrogens with zero attached hydrogens (tertiary/aromatic N) is 2. The van der Waals surface area contributed by atoms with E-state index in [-0.39, 0.29) is 17.1 Å². The Bertz CT molecular complexity index is 914. The van der Waals surface area contributed by atoms with Gasteiger partial charge in [0.15, 0.2) is 0 Å². The lowest BCUT2D eigenvalue weighted by Crippen LogP contribution is -2.57. The molecule has 0 bridgehead atoms. The molecule has 1 aromatic heterocycles. The Labute approximate surface area is 170 Å². The van der Waals surface area contributed by atoms with E-state index in [1.807, 2.05) is 23.1 Å². The molecule has 2 fully saturated rings. The number of ether oxygens (including phenoxy) is 1. The van der Waals surface area contributed by atoms with E-state index in [1.54, 1.807) is 12.1 Å². The summed E-state index contributed by atoms with van der Waals surface area (Å²) in [5, 5.41) is 0. The van der Waals surface area contributed by atoms with Crippen LogP contribution in [0.4, 0.5) is 0 Å². The number of aromatic nitrogens is 1. The first-order valence-corrected chi connectivity index (χ1v) is 10.2. The third-order valence-electron chi connectivity index (χ3n) is 5.76. The highest BCUT2D eigenvalue weighted by atomic mass is 16.5. The minimum atomic E-state index is -0.251. The van der Waals surface area contributed by atoms with E-state index in [2.05, 4.69) is 34.2 Å². The number of amides is 1. The van der Waals surface area contributed by atoms with Gasteiger partial charge in [0.05, 0.1) is 12.2 Å². The zero-order valence-electron chi connectivity index (χ0n) is 16.5. The first-order valence-electron chi connectivity index (χ1n) is 10.2. The lowest BCUT2D eigenvalue weighted by Gasteiger charge is -2.47. The molecular weight excluding hydrogens is 366 g/mol. The molecule has 1 N–H and O–H groups in total. The van der Waals surface area contributed by atoms with Gasteiger partial charge in [0.1, 0.15) is 5.69 Å². The molecule has 3 heterocycles. The van der Waals surface area contributed by atoms with Crippen molar-refractivity contribution in [3.8, 4) is 0 Å². The second-order valence-electron chi connectivity index (χ2n) is 7.80. The lowest BCUT2D eigenvalue weighted by molar-refractivity contribution is -0.130. The third kappa shape index (κ3) is 4.83. The maximum atomic E-state index is 12.7. The molecule has 2 aliphatic rings.